The molecule has 4 nitrogen and oxygen atoms in total. The van der Waals surface area contributed by atoms with Gasteiger partial charge in [-0.3, -0.25) is 4.84 Å². The number of hydroxylamine groups is 2. The lowest BCUT2D eigenvalue weighted by molar-refractivity contribution is -0.355. The van der Waals surface area contributed by atoms with Crippen LogP contribution in [0.5, 0.6) is 0 Å². The van der Waals surface area contributed by atoms with Crippen LogP contribution in [-0.4, -0.2) is 42.8 Å². The van der Waals surface area contributed by atoms with E-state index < -0.39 is 5.79 Å². The minimum atomic E-state index is -0.547. The maximum Gasteiger partial charge on any atom is 0.171 e. The first kappa shape index (κ1) is 20.4. The molecule has 1 heterocycles. The molecule has 142 valence electrons. The summed E-state index contributed by atoms with van der Waals surface area (Å²) in [6.45, 7) is 9.59. The Hall–Kier alpha value is -0.940. The fourth-order valence-electron chi connectivity index (χ4n) is 4.38. The van der Waals surface area contributed by atoms with Crippen molar-refractivity contribution in [3.63, 3.8) is 0 Å². The van der Waals surface area contributed by atoms with Crippen molar-refractivity contribution in [1.29, 1.82) is 0 Å². The molecule has 0 spiro atoms. The zero-order valence-corrected chi connectivity index (χ0v) is 16.8. The van der Waals surface area contributed by atoms with Gasteiger partial charge in [0.1, 0.15) is 0 Å². The van der Waals surface area contributed by atoms with Gasteiger partial charge >= 0.3 is 0 Å². The minimum absolute atomic E-state index is 0.0928. The molecule has 1 saturated heterocycles. The quantitative estimate of drug-likeness (QED) is 0.643. The van der Waals surface area contributed by atoms with Crippen molar-refractivity contribution in [1.82, 2.24) is 5.06 Å². The van der Waals surface area contributed by atoms with E-state index in [1.165, 1.54) is 5.56 Å². The van der Waals surface area contributed by atoms with E-state index in [0.717, 1.165) is 32.1 Å². The van der Waals surface area contributed by atoms with E-state index in [-0.39, 0.29) is 11.1 Å². The van der Waals surface area contributed by atoms with Crippen molar-refractivity contribution in [2.24, 2.45) is 0 Å². The summed E-state index contributed by atoms with van der Waals surface area (Å²) >= 11 is 0. The predicted molar refractivity (Wildman–Crippen MR) is 101 cm³/mol. The van der Waals surface area contributed by atoms with Gasteiger partial charge in [-0.1, -0.05) is 44.2 Å². The van der Waals surface area contributed by atoms with Crippen LogP contribution in [0.2, 0.25) is 0 Å². The molecule has 1 aromatic rings. The van der Waals surface area contributed by atoms with Crippen molar-refractivity contribution in [3.05, 3.63) is 35.9 Å². The van der Waals surface area contributed by atoms with E-state index in [4.69, 9.17) is 14.3 Å². The number of piperidine rings is 1. The van der Waals surface area contributed by atoms with Gasteiger partial charge in [-0.05, 0) is 38.7 Å². The van der Waals surface area contributed by atoms with Crippen LogP contribution in [-0.2, 0) is 20.7 Å². The highest BCUT2D eigenvalue weighted by molar-refractivity contribution is 5.14. The zero-order chi connectivity index (χ0) is 18.6. The Kier molecular flexibility index (Phi) is 6.66. The van der Waals surface area contributed by atoms with Crippen LogP contribution < -0.4 is 0 Å². The van der Waals surface area contributed by atoms with Crippen molar-refractivity contribution >= 4 is 0 Å². The molecule has 0 bridgehead atoms. The Bertz CT molecular complexity index is 521. The maximum atomic E-state index is 6.40. The zero-order valence-electron chi connectivity index (χ0n) is 16.8. The Morgan fingerprint density at radius 3 is 2.08 bits per heavy atom. The van der Waals surface area contributed by atoms with Crippen molar-refractivity contribution in [3.8, 4) is 0 Å². The van der Waals surface area contributed by atoms with Crippen LogP contribution in [0.1, 0.15) is 58.9 Å². The van der Waals surface area contributed by atoms with Gasteiger partial charge in [0.2, 0.25) is 0 Å². The lowest BCUT2D eigenvalue weighted by atomic mass is 9.73. The molecule has 1 fully saturated rings. The lowest BCUT2D eigenvalue weighted by Gasteiger charge is -2.59. The Morgan fingerprint density at radius 2 is 1.56 bits per heavy atom. The Morgan fingerprint density at radius 1 is 0.960 bits per heavy atom. The molecule has 0 aliphatic carbocycles. The van der Waals surface area contributed by atoms with Crippen LogP contribution in [0, 0.1) is 0 Å². The van der Waals surface area contributed by atoms with Crippen LogP contribution >= 0.6 is 0 Å². The number of ether oxygens (including phenoxy) is 2. The van der Waals surface area contributed by atoms with E-state index in [1.54, 1.807) is 14.2 Å². The number of hydrogen-bond acceptors (Lipinski definition) is 4. The number of hydrogen-bond donors (Lipinski definition) is 0. The van der Waals surface area contributed by atoms with E-state index in [0.29, 0.717) is 6.61 Å². The number of benzene rings is 1. The highest BCUT2D eigenvalue weighted by Crippen LogP contribution is 2.48. The first-order chi connectivity index (χ1) is 11.9. The van der Waals surface area contributed by atoms with Gasteiger partial charge in [0.15, 0.2) is 5.79 Å². The molecule has 25 heavy (non-hydrogen) atoms. The molecule has 0 saturated carbocycles. The summed E-state index contributed by atoms with van der Waals surface area (Å²) in [4.78, 5) is 6.40. The highest BCUT2D eigenvalue weighted by atomic mass is 16.7. The summed E-state index contributed by atoms with van der Waals surface area (Å²) in [5.41, 5.74) is 1.04. The van der Waals surface area contributed by atoms with E-state index in [9.17, 15) is 0 Å². The molecular weight excluding hydrogens is 314 g/mol. The second-order valence-corrected chi connectivity index (χ2v) is 7.78. The largest absolute Gasteiger partial charge is 0.353 e. The second-order valence-electron chi connectivity index (χ2n) is 7.78. The predicted octanol–water partition coefficient (Wildman–Crippen LogP) is 4.58. The van der Waals surface area contributed by atoms with Gasteiger partial charge in [0, 0.05) is 32.6 Å². The third-order valence-corrected chi connectivity index (χ3v) is 5.80. The average molecular weight is 350 g/mol. The molecule has 2 rings (SSSR count). The Balaban J connectivity index is 2.18. The molecule has 0 atom stereocenters. The molecule has 1 aliphatic rings. The van der Waals surface area contributed by atoms with Gasteiger partial charge < -0.3 is 9.47 Å². The average Bonchev–Trinajstić information content (AvgIpc) is 2.63. The third-order valence-electron chi connectivity index (χ3n) is 5.80. The van der Waals surface area contributed by atoms with Crippen LogP contribution in [0.4, 0.5) is 0 Å². The maximum absolute atomic E-state index is 6.40. The minimum Gasteiger partial charge on any atom is -0.353 e. The monoisotopic (exact) mass is 349 g/mol. The molecule has 0 aromatic heterocycles. The lowest BCUT2D eigenvalue weighted by Crippen LogP contribution is -2.68. The SMILES string of the molecule is CCC1(CC)CC(OC)(OC)CC(C)(C)N1OCCc1ccccc1. The summed E-state index contributed by atoms with van der Waals surface area (Å²) in [5, 5.41) is 2.25. The van der Waals surface area contributed by atoms with Gasteiger partial charge in [-0.2, -0.15) is 5.06 Å². The first-order valence-corrected chi connectivity index (χ1v) is 9.44. The van der Waals surface area contributed by atoms with Gasteiger partial charge in [-0.25, -0.2) is 0 Å². The smallest absolute Gasteiger partial charge is 0.171 e. The fraction of sp³-hybridized carbons (Fsp3) is 0.714. The summed E-state index contributed by atoms with van der Waals surface area (Å²) in [7, 11) is 3.50. The molecule has 0 amide bonds. The molecule has 1 aromatic carbocycles. The van der Waals surface area contributed by atoms with Crippen molar-refractivity contribution in [2.75, 3.05) is 20.8 Å². The molecule has 0 radical (unpaired) electrons. The topological polar surface area (TPSA) is 30.9 Å². The van der Waals surface area contributed by atoms with Crippen LogP contribution in [0.25, 0.3) is 0 Å². The number of nitrogens with zero attached hydrogens (tertiary/aromatic N) is 1. The summed E-state index contributed by atoms with van der Waals surface area (Å²) < 4.78 is 11.7. The van der Waals surface area contributed by atoms with Gasteiger partial charge in [-0.15, -0.1) is 0 Å². The Labute approximate surface area is 153 Å². The van der Waals surface area contributed by atoms with E-state index in [2.05, 4.69) is 57.0 Å². The second kappa shape index (κ2) is 8.17. The molecule has 0 N–H and O–H groups in total. The molecular formula is C21H35NO3. The number of rotatable bonds is 8. The summed E-state index contributed by atoms with van der Waals surface area (Å²) in [5.74, 6) is -0.547. The summed E-state index contributed by atoms with van der Waals surface area (Å²) in [6, 6.07) is 10.5. The first-order valence-electron chi connectivity index (χ1n) is 9.44. The molecule has 0 unspecified atom stereocenters. The van der Waals surface area contributed by atoms with Crippen LogP contribution in [0.15, 0.2) is 30.3 Å². The van der Waals surface area contributed by atoms with Crippen molar-refractivity contribution in [2.45, 2.75) is 76.7 Å². The fourth-order valence-corrected chi connectivity index (χ4v) is 4.38. The van der Waals surface area contributed by atoms with E-state index in [1.807, 2.05) is 6.07 Å². The molecule has 1 aliphatic heterocycles. The van der Waals surface area contributed by atoms with Crippen LogP contribution in [0.3, 0.4) is 0 Å². The number of methoxy groups -OCH3 is 2. The summed E-state index contributed by atoms with van der Waals surface area (Å²) in [6.07, 6.45) is 4.49. The standard InChI is InChI=1S/C21H35NO3/c1-7-20(8-2)17-21(23-5,24-6)16-19(3,4)22(20)25-15-14-18-12-10-9-11-13-18/h9-13H,7-8,14-17H2,1-6H3. The van der Waals surface area contributed by atoms with Gasteiger partial charge in [0.25, 0.3) is 0 Å². The van der Waals surface area contributed by atoms with Crippen molar-refractivity contribution < 1.29 is 14.3 Å². The molecule has 4 heteroatoms. The third kappa shape index (κ3) is 4.25. The normalized spacial score (nSPS) is 22.0. The van der Waals surface area contributed by atoms with Gasteiger partial charge in [0.05, 0.1) is 12.1 Å². The highest BCUT2D eigenvalue weighted by Gasteiger charge is 2.56. The van der Waals surface area contributed by atoms with E-state index >= 15 is 0 Å².